The number of hydrogen-bond acceptors (Lipinski definition) is 3. The van der Waals surface area contributed by atoms with Gasteiger partial charge in [0.15, 0.2) is 17.5 Å². The maximum Gasteiger partial charge on any atom is 0.224 e. The Balaban J connectivity index is 2.14. The zero-order chi connectivity index (χ0) is 15.4. The molecule has 4 nitrogen and oxygen atoms in total. The van der Waals surface area contributed by atoms with Crippen LogP contribution in [0.5, 0.6) is 0 Å². The molecular formula is C14H12F3N3O. The SMILES string of the molecule is CCC(=O)Nc1ccc(Nc2ccc(F)c(F)c2F)nc1. The summed E-state index contributed by atoms with van der Waals surface area (Å²) in [7, 11) is 0. The third-order valence-corrected chi connectivity index (χ3v) is 2.67. The summed E-state index contributed by atoms with van der Waals surface area (Å²) in [5, 5.41) is 5.13. The van der Waals surface area contributed by atoms with E-state index in [0.717, 1.165) is 12.1 Å². The number of carbonyl (C=O) groups excluding carboxylic acids is 1. The molecule has 7 heteroatoms. The Morgan fingerprint density at radius 2 is 1.90 bits per heavy atom. The topological polar surface area (TPSA) is 54.0 Å². The van der Waals surface area contributed by atoms with Gasteiger partial charge in [-0.2, -0.15) is 0 Å². The van der Waals surface area contributed by atoms with E-state index in [2.05, 4.69) is 15.6 Å². The smallest absolute Gasteiger partial charge is 0.224 e. The predicted octanol–water partition coefficient (Wildman–Crippen LogP) is 3.59. The summed E-state index contributed by atoms with van der Waals surface area (Å²) in [4.78, 5) is 15.1. The van der Waals surface area contributed by atoms with Gasteiger partial charge in [-0.05, 0) is 24.3 Å². The summed E-state index contributed by atoms with van der Waals surface area (Å²) in [6, 6.07) is 4.92. The van der Waals surface area contributed by atoms with Gasteiger partial charge in [0.25, 0.3) is 0 Å². The van der Waals surface area contributed by atoms with Gasteiger partial charge in [-0.25, -0.2) is 18.2 Å². The van der Waals surface area contributed by atoms with Crippen LogP contribution in [0.15, 0.2) is 30.5 Å². The molecule has 1 heterocycles. The van der Waals surface area contributed by atoms with Crippen LogP contribution in [0.25, 0.3) is 0 Å². The molecule has 0 saturated heterocycles. The normalized spacial score (nSPS) is 10.3. The minimum absolute atomic E-state index is 0.163. The Morgan fingerprint density at radius 3 is 2.52 bits per heavy atom. The molecule has 1 aromatic carbocycles. The molecule has 2 aromatic rings. The van der Waals surface area contributed by atoms with Gasteiger partial charge in [0, 0.05) is 6.42 Å². The number of aromatic nitrogens is 1. The number of halogens is 3. The van der Waals surface area contributed by atoms with E-state index < -0.39 is 17.5 Å². The highest BCUT2D eigenvalue weighted by atomic mass is 19.2. The number of anilines is 3. The molecule has 0 aliphatic carbocycles. The second-order valence-electron chi connectivity index (χ2n) is 4.18. The van der Waals surface area contributed by atoms with Gasteiger partial charge in [0.2, 0.25) is 5.91 Å². The van der Waals surface area contributed by atoms with Crippen molar-refractivity contribution in [3.63, 3.8) is 0 Å². The summed E-state index contributed by atoms with van der Waals surface area (Å²) < 4.78 is 39.4. The molecule has 0 aliphatic rings. The third kappa shape index (κ3) is 3.50. The van der Waals surface area contributed by atoms with Crippen molar-refractivity contribution in [3.05, 3.63) is 47.9 Å². The average molecular weight is 295 g/mol. The van der Waals surface area contributed by atoms with Crippen molar-refractivity contribution in [3.8, 4) is 0 Å². The zero-order valence-electron chi connectivity index (χ0n) is 11.1. The van der Waals surface area contributed by atoms with E-state index in [4.69, 9.17) is 0 Å². The maximum absolute atomic E-state index is 13.5. The first-order valence-corrected chi connectivity index (χ1v) is 6.17. The number of pyridine rings is 1. The van der Waals surface area contributed by atoms with E-state index in [9.17, 15) is 18.0 Å². The predicted molar refractivity (Wildman–Crippen MR) is 72.8 cm³/mol. The van der Waals surface area contributed by atoms with Crippen LogP contribution in [-0.4, -0.2) is 10.9 Å². The number of rotatable bonds is 4. The van der Waals surface area contributed by atoms with E-state index in [1.165, 1.54) is 12.3 Å². The number of nitrogens with one attached hydrogen (secondary N) is 2. The molecular weight excluding hydrogens is 283 g/mol. The van der Waals surface area contributed by atoms with Crippen LogP contribution >= 0.6 is 0 Å². The van der Waals surface area contributed by atoms with Gasteiger partial charge in [-0.15, -0.1) is 0 Å². The Kier molecular flexibility index (Phi) is 4.42. The van der Waals surface area contributed by atoms with Crippen molar-refractivity contribution in [2.24, 2.45) is 0 Å². The Labute approximate surface area is 119 Å². The molecule has 2 N–H and O–H groups in total. The van der Waals surface area contributed by atoms with Crippen LogP contribution in [0.3, 0.4) is 0 Å². The summed E-state index contributed by atoms with van der Waals surface area (Å²) in [6.45, 7) is 1.71. The highest BCUT2D eigenvalue weighted by Gasteiger charge is 2.13. The molecule has 0 saturated carbocycles. The number of hydrogen-bond donors (Lipinski definition) is 2. The minimum atomic E-state index is -1.55. The van der Waals surface area contributed by atoms with E-state index >= 15 is 0 Å². The van der Waals surface area contributed by atoms with Crippen molar-refractivity contribution in [2.75, 3.05) is 10.6 Å². The van der Waals surface area contributed by atoms with Crippen molar-refractivity contribution in [1.29, 1.82) is 0 Å². The van der Waals surface area contributed by atoms with Crippen LogP contribution in [0, 0.1) is 17.5 Å². The highest BCUT2D eigenvalue weighted by Crippen LogP contribution is 2.23. The molecule has 0 unspecified atom stereocenters. The number of carbonyl (C=O) groups is 1. The van der Waals surface area contributed by atoms with Crippen LogP contribution in [-0.2, 0) is 4.79 Å². The Morgan fingerprint density at radius 1 is 1.14 bits per heavy atom. The number of nitrogens with zero attached hydrogens (tertiary/aromatic N) is 1. The van der Waals surface area contributed by atoms with Gasteiger partial charge in [0.05, 0.1) is 17.6 Å². The number of amides is 1. The summed E-state index contributed by atoms with van der Waals surface area (Å²) in [5.41, 5.74) is 0.255. The first-order chi connectivity index (χ1) is 10.0. The third-order valence-electron chi connectivity index (χ3n) is 2.67. The van der Waals surface area contributed by atoms with Crippen LogP contribution < -0.4 is 10.6 Å². The van der Waals surface area contributed by atoms with Crippen molar-refractivity contribution < 1.29 is 18.0 Å². The standard InChI is InChI=1S/C14H12F3N3O/c1-2-12(21)19-8-3-6-11(18-7-8)20-10-5-4-9(15)13(16)14(10)17/h3-7H,2H2,1H3,(H,18,20)(H,19,21). The Hall–Kier alpha value is -2.57. The van der Waals surface area contributed by atoms with Crippen LogP contribution in [0.2, 0.25) is 0 Å². The molecule has 0 radical (unpaired) electrons. The fourth-order valence-corrected chi connectivity index (χ4v) is 1.55. The molecule has 0 aliphatic heterocycles. The lowest BCUT2D eigenvalue weighted by molar-refractivity contribution is -0.115. The highest BCUT2D eigenvalue weighted by molar-refractivity contribution is 5.90. The summed E-state index contributed by atoms with van der Waals surface area (Å²) in [6.07, 6.45) is 1.70. The van der Waals surface area contributed by atoms with Gasteiger partial charge in [0.1, 0.15) is 5.82 Å². The summed E-state index contributed by atoms with van der Waals surface area (Å²) >= 11 is 0. The first-order valence-electron chi connectivity index (χ1n) is 6.17. The van der Waals surface area contributed by atoms with E-state index in [1.807, 2.05) is 0 Å². The molecule has 0 spiro atoms. The fourth-order valence-electron chi connectivity index (χ4n) is 1.55. The zero-order valence-corrected chi connectivity index (χ0v) is 11.1. The monoisotopic (exact) mass is 295 g/mol. The van der Waals surface area contributed by atoms with E-state index in [0.29, 0.717) is 12.1 Å². The number of benzene rings is 1. The van der Waals surface area contributed by atoms with Crippen LogP contribution in [0.4, 0.5) is 30.4 Å². The summed E-state index contributed by atoms with van der Waals surface area (Å²) in [5.74, 6) is -4.06. The van der Waals surface area contributed by atoms with Gasteiger partial charge >= 0.3 is 0 Å². The van der Waals surface area contributed by atoms with Gasteiger partial charge in [-0.1, -0.05) is 6.92 Å². The first kappa shape index (κ1) is 14.8. The molecule has 0 fully saturated rings. The molecule has 1 amide bonds. The minimum Gasteiger partial charge on any atom is -0.338 e. The molecule has 110 valence electrons. The lowest BCUT2D eigenvalue weighted by Gasteiger charge is -2.08. The van der Waals surface area contributed by atoms with E-state index in [1.54, 1.807) is 13.0 Å². The van der Waals surface area contributed by atoms with Gasteiger partial charge < -0.3 is 10.6 Å². The molecule has 21 heavy (non-hydrogen) atoms. The molecule has 1 aromatic heterocycles. The molecule has 0 bridgehead atoms. The van der Waals surface area contributed by atoms with E-state index in [-0.39, 0.29) is 17.4 Å². The average Bonchev–Trinajstić information content (AvgIpc) is 2.49. The second-order valence-corrected chi connectivity index (χ2v) is 4.18. The molecule has 0 atom stereocenters. The fraction of sp³-hybridized carbons (Fsp3) is 0.143. The quantitative estimate of drug-likeness (QED) is 0.847. The lowest BCUT2D eigenvalue weighted by Crippen LogP contribution is -2.09. The van der Waals surface area contributed by atoms with Crippen molar-refractivity contribution in [2.45, 2.75) is 13.3 Å². The molecule has 2 rings (SSSR count). The largest absolute Gasteiger partial charge is 0.338 e. The van der Waals surface area contributed by atoms with Crippen molar-refractivity contribution >= 4 is 23.1 Å². The van der Waals surface area contributed by atoms with Crippen molar-refractivity contribution in [1.82, 2.24) is 4.98 Å². The lowest BCUT2D eigenvalue weighted by atomic mass is 10.2. The Bertz CT molecular complexity index is 659. The maximum atomic E-state index is 13.5. The van der Waals surface area contributed by atoms with Crippen LogP contribution in [0.1, 0.15) is 13.3 Å². The van der Waals surface area contributed by atoms with Gasteiger partial charge in [-0.3, -0.25) is 4.79 Å². The second kappa shape index (κ2) is 6.25.